The van der Waals surface area contributed by atoms with Gasteiger partial charge < -0.3 is 5.73 Å². The van der Waals surface area contributed by atoms with Gasteiger partial charge in [-0.15, -0.1) is 0 Å². The highest BCUT2D eigenvalue weighted by molar-refractivity contribution is 7.91. The minimum absolute atomic E-state index is 0.0341. The number of aromatic nitrogens is 1. The van der Waals surface area contributed by atoms with E-state index in [1.54, 1.807) is 36.7 Å². The number of aryl methyl sites for hydroxylation is 2. The van der Waals surface area contributed by atoms with Gasteiger partial charge in [0.1, 0.15) is 0 Å². The van der Waals surface area contributed by atoms with Gasteiger partial charge in [0.15, 0.2) is 9.84 Å². The van der Waals surface area contributed by atoms with Gasteiger partial charge in [0.2, 0.25) is 0 Å². The van der Waals surface area contributed by atoms with Gasteiger partial charge in [0.05, 0.1) is 16.3 Å². The number of sulfone groups is 1. The number of hydrogen-bond acceptors (Lipinski definition) is 4. The summed E-state index contributed by atoms with van der Waals surface area (Å²) >= 11 is 0. The molecule has 0 aliphatic rings. The van der Waals surface area contributed by atoms with Crippen molar-refractivity contribution in [1.82, 2.24) is 4.98 Å². The Hall–Kier alpha value is -1.88. The summed E-state index contributed by atoms with van der Waals surface area (Å²) in [6, 6.07) is 8.71. The Morgan fingerprint density at radius 2 is 2.05 bits per heavy atom. The van der Waals surface area contributed by atoms with Crippen molar-refractivity contribution in [3.05, 3.63) is 53.9 Å². The summed E-state index contributed by atoms with van der Waals surface area (Å²) in [4.78, 5) is 4.19. The summed E-state index contributed by atoms with van der Waals surface area (Å²) in [6.45, 7) is 1.85. The fourth-order valence-electron chi connectivity index (χ4n) is 1.82. The molecule has 2 N–H and O–H groups in total. The molecular formula is C14H16N2O2S. The summed E-state index contributed by atoms with van der Waals surface area (Å²) in [5.41, 5.74) is 7.84. The number of benzene rings is 1. The maximum Gasteiger partial charge on any atom is 0.180 e. The molecule has 0 saturated carbocycles. The molecule has 0 atom stereocenters. The first-order valence-electron chi connectivity index (χ1n) is 5.97. The van der Waals surface area contributed by atoms with Gasteiger partial charge in [-0.25, -0.2) is 8.42 Å². The van der Waals surface area contributed by atoms with Crippen LogP contribution in [0.15, 0.2) is 47.6 Å². The van der Waals surface area contributed by atoms with E-state index in [1.807, 2.05) is 13.0 Å². The van der Waals surface area contributed by atoms with Crippen molar-refractivity contribution < 1.29 is 8.42 Å². The Morgan fingerprint density at radius 1 is 1.26 bits per heavy atom. The maximum atomic E-state index is 12.3. The minimum atomic E-state index is -3.36. The van der Waals surface area contributed by atoms with E-state index >= 15 is 0 Å². The van der Waals surface area contributed by atoms with Crippen LogP contribution in [0.3, 0.4) is 0 Å². The Labute approximate surface area is 113 Å². The highest BCUT2D eigenvalue weighted by Crippen LogP contribution is 2.21. The smallest absolute Gasteiger partial charge is 0.180 e. The molecule has 1 aromatic carbocycles. The molecule has 19 heavy (non-hydrogen) atoms. The van der Waals surface area contributed by atoms with Crippen LogP contribution < -0.4 is 5.73 Å². The first-order chi connectivity index (χ1) is 8.99. The third-order valence-corrected chi connectivity index (χ3v) is 4.65. The van der Waals surface area contributed by atoms with Gasteiger partial charge in [-0.3, -0.25) is 4.98 Å². The van der Waals surface area contributed by atoms with Gasteiger partial charge in [-0.1, -0.05) is 12.1 Å². The topological polar surface area (TPSA) is 73.1 Å². The second-order valence-electron chi connectivity index (χ2n) is 4.47. The molecule has 1 heterocycles. The van der Waals surface area contributed by atoms with Crippen LogP contribution in [0.1, 0.15) is 11.1 Å². The van der Waals surface area contributed by atoms with Gasteiger partial charge in [0, 0.05) is 12.4 Å². The van der Waals surface area contributed by atoms with Crippen LogP contribution in [-0.2, 0) is 16.3 Å². The first-order valence-corrected chi connectivity index (χ1v) is 7.62. The molecule has 0 fully saturated rings. The van der Waals surface area contributed by atoms with E-state index in [9.17, 15) is 8.42 Å². The second-order valence-corrected chi connectivity index (χ2v) is 6.55. The average molecular weight is 276 g/mol. The highest BCUT2D eigenvalue weighted by Gasteiger charge is 2.17. The third-order valence-electron chi connectivity index (χ3n) is 2.89. The maximum absolute atomic E-state index is 12.3. The SMILES string of the molecule is Cc1ccc(N)c(S(=O)(=O)CCc2cccnc2)c1. The molecule has 4 nitrogen and oxygen atoms in total. The van der Waals surface area contributed by atoms with Crippen LogP contribution in [0.2, 0.25) is 0 Å². The molecule has 0 unspecified atom stereocenters. The Kier molecular flexibility index (Phi) is 3.85. The standard InChI is InChI=1S/C14H16N2O2S/c1-11-4-5-13(15)14(9-11)19(17,18)8-6-12-3-2-7-16-10-12/h2-5,7,9-10H,6,8,15H2,1H3. The summed E-state index contributed by atoms with van der Waals surface area (Å²) < 4.78 is 24.6. The number of anilines is 1. The van der Waals surface area contributed by atoms with E-state index in [1.165, 1.54) is 0 Å². The predicted molar refractivity (Wildman–Crippen MR) is 75.6 cm³/mol. The van der Waals surface area contributed by atoms with Crippen molar-refractivity contribution in [3.63, 3.8) is 0 Å². The number of nitrogens with two attached hydrogens (primary N) is 1. The molecule has 0 aliphatic carbocycles. The Morgan fingerprint density at radius 3 is 2.74 bits per heavy atom. The lowest BCUT2D eigenvalue weighted by Gasteiger charge is -2.08. The van der Waals surface area contributed by atoms with E-state index in [4.69, 9.17) is 5.73 Å². The predicted octanol–water partition coefficient (Wildman–Crippen LogP) is 1.99. The van der Waals surface area contributed by atoms with Crippen LogP contribution in [-0.4, -0.2) is 19.2 Å². The normalized spacial score (nSPS) is 11.4. The molecular weight excluding hydrogens is 260 g/mol. The zero-order valence-corrected chi connectivity index (χ0v) is 11.5. The van der Waals surface area contributed by atoms with E-state index in [-0.39, 0.29) is 10.6 Å². The van der Waals surface area contributed by atoms with Gasteiger partial charge in [-0.2, -0.15) is 0 Å². The van der Waals surface area contributed by atoms with Crippen molar-refractivity contribution in [2.24, 2.45) is 0 Å². The summed E-state index contributed by atoms with van der Waals surface area (Å²) in [7, 11) is -3.36. The molecule has 100 valence electrons. The molecule has 1 aromatic heterocycles. The molecule has 0 aliphatic heterocycles. The first kappa shape index (κ1) is 13.5. The average Bonchev–Trinajstić information content (AvgIpc) is 2.40. The summed E-state index contributed by atoms with van der Waals surface area (Å²) in [5.74, 6) is 0.0341. The fourth-order valence-corrected chi connectivity index (χ4v) is 3.34. The van der Waals surface area contributed by atoms with Crippen molar-refractivity contribution >= 4 is 15.5 Å². The number of rotatable bonds is 4. The number of nitrogen functional groups attached to an aromatic ring is 1. The molecule has 0 radical (unpaired) electrons. The third kappa shape index (κ3) is 3.32. The molecule has 2 aromatic rings. The largest absolute Gasteiger partial charge is 0.398 e. The van der Waals surface area contributed by atoms with Crippen LogP contribution in [0.5, 0.6) is 0 Å². The molecule has 0 amide bonds. The monoisotopic (exact) mass is 276 g/mol. The van der Waals surface area contributed by atoms with Crippen molar-refractivity contribution in [2.45, 2.75) is 18.2 Å². The summed E-state index contributed by atoms with van der Waals surface area (Å²) in [5, 5.41) is 0. The Balaban J connectivity index is 2.21. The Bertz CT molecular complexity index is 667. The van der Waals surface area contributed by atoms with Crippen molar-refractivity contribution in [3.8, 4) is 0 Å². The molecule has 0 saturated heterocycles. The summed E-state index contributed by atoms with van der Waals surface area (Å²) in [6.07, 6.45) is 3.77. The highest BCUT2D eigenvalue weighted by atomic mass is 32.2. The van der Waals surface area contributed by atoms with Crippen LogP contribution >= 0.6 is 0 Å². The van der Waals surface area contributed by atoms with Crippen LogP contribution in [0.4, 0.5) is 5.69 Å². The van der Waals surface area contributed by atoms with Gasteiger partial charge in [0.25, 0.3) is 0 Å². The van der Waals surface area contributed by atoms with Crippen LogP contribution in [0, 0.1) is 6.92 Å². The molecule has 2 rings (SSSR count). The van der Waals surface area contributed by atoms with Crippen molar-refractivity contribution in [2.75, 3.05) is 11.5 Å². The lowest BCUT2D eigenvalue weighted by Crippen LogP contribution is -2.11. The molecule has 0 bridgehead atoms. The van der Waals surface area contributed by atoms with E-state index in [2.05, 4.69) is 4.98 Å². The number of pyridine rings is 1. The van der Waals surface area contributed by atoms with E-state index in [0.717, 1.165) is 11.1 Å². The number of nitrogens with zero attached hydrogens (tertiary/aromatic N) is 1. The van der Waals surface area contributed by atoms with Gasteiger partial charge >= 0.3 is 0 Å². The lowest BCUT2D eigenvalue weighted by molar-refractivity contribution is 0.595. The van der Waals surface area contributed by atoms with E-state index in [0.29, 0.717) is 12.1 Å². The van der Waals surface area contributed by atoms with E-state index < -0.39 is 9.84 Å². The quantitative estimate of drug-likeness (QED) is 0.867. The lowest BCUT2D eigenvalue weighted by atomic mass is 10.2. The molecule has 0 spiro atoms. The zero-order chi connectivity index (χ0) is 13.9. The molecule has 5 heteroatoms. The second kappa shape index (κ2) is 5.40. The van der Waals surface area contributed by atoms with Crippen LogP contribution in [0.25, 0.3) is 0 Å². The van der Waals surface area contributed by atoms with Crippen molar-refractivity contribution in [1.29, 1.82) is 0 Å². The zero-order valence-electron chi connectivity index (χ0n) is 10.7. The van der Waals surface area contributed by atoms with Gasteiger partial charge in [-0.05, 0) is 42.7 Å². The minimum Gasteiger partial charge on any atom is -0.398 e. The number of hydrogen-bond donors (Lipinski definition) is 1. The fraction of sp³-hybridized carbons (Fsp3) is 0.214.